The van der Waals surface area contributed by atoms with Crippen molar-refractivity contribution in [2.45, 2.75) is 18.9 Å². The van der Waals surface area contributed by atoms with Crippen molar-refractivity contribution in [3.8, 4) is 11.5 Å². The maximum absolute atomic E-state index is 11.0. The summed E-state index contributed by atoms with van der Waals surface area (Å²) in [7, 11) is 1.44. The Kier molecular flexibility index (Phi) is 3.93. The normalized spacial score (nSPS) is 14.1. The molecule has 0 spiro atoms. The fraction of sp³-hybridized carbons (Fsp3) is 0.364. The summed E-state index contributed by atoms with van der Waals surface area (Å²) >= 11 is 0. The maximum Gasteiger partial charge on any atom is 0.325 e. The first-order valence-corrected chi connectivity index (χ1v) is 5.00. The number of hydrogen-bond acceptors (Lipinski definition) is 5. The second-order valence-corrected chi connectivity index (χ2v) is 3.96. The lowest BCUT2D eigenvalue weighted by Crippen LogP contribution is -2.54. The summed E-state index contributed by atoms with van der Waals surface area (Å²) in [6.07, 6.45) is 0.149. The van der Waals surface area contributed by atoms with E-state index in [9.17, 15) is 9.90 Å². The van der Waals surface area contributed by atoms with Crippen LogP contribution in [0.2, 0.25) is 0 Å². The smallest absolute Gasteiger partial charge is 0.325 e. The first-order valence-electron chi connectivity index (χ1n) is 5.00. The Morgan fingerprint density at radius 3 is 2.65 bits per heavy atom. The van der Waals surface area contributed by atoms with E-state index >= 15 is 0 Å². The molecule has 0 aliphatic carbocycles. The topological polar surface area (TPSA) is 105 Å². The minimum atomic E-state index is -1.28. The van der Waals surface area contributed by atoms with E-state index < -0.39 is 11.5 Å². The van der Waals surface area contributed by atoms with E-state index in [4.69, 9.17) is 15.7 Å². The number of rotatable bonds is 5. The standard InChI is InChI=1S/C11H16N2O4/c1-11(13-12,10(15)16)6-7-3-4-9(17-2)8(14)5-7/h3-5,13-14H,6,12H2,1-2H3,(H,15,16). The van der Waals surface area contributed by atoms with Crippen molar-refractivity contribution in [2.75, 3.05) is 7.11 Å². The van der Waals surface area contributed by atoms with Gasteiger partial charge in [0.05, 0.1) is 7.11 Å². The van der Waals surface area contributed by atoms with Gasteiger partial charge in [0.15, 0.2) is 11.5 Å². The Bertz CT molecular complexity index is 422. The lowest BCUT2D eigenvalue weighted by Gasteiger charge is -2.23. The van der Waals surface area contributed by atoms with E-state index in [1.165, 1.54) is 20.1 Å². The molecule has 0 amide bonds. The minimum absolute atomic E-state index is 0.0326. The number of benzene rings is 1. The second-order valence-electron chi connectivity index (χ2n) is 3.96. The molecule has 1 atom stereocenters. The molecule has 0 aromatic heterocycles. The van der Waals surface area contributed by atoms with Crippen molar-refractivity contribution in [1.29, 1.82) is 0 Å². The number of phenolic OH excluding ortho intramolecular Hbond substituents is 1. The van der Waals surface area contributed by atoms with Gasteiger partial charge in [-0.05, 0) is 24.6 Å². The molecule has 94 valence electrons. The molecule has 1 aromatic rings. The van der Waals surface area contributed by atoms with Gasteiger partial charge in [-0.15, -0.1) is 0 Å². The third-order valence-corrected chi connectivity index (χ3v) is 2.59. The Morgan fingerprint density at radius 1 is 1.59 bits per heavy atom. The molecule has 6 heteroatoms. The molecule has 0 bridgehead atoms. The van der Waals surface area contributed by atoms with Crippen LogP contribution in [0, 0.1) is 0 Å². The number of carboxylic acid groups (broad SMARTS) is 1. The first-order chi connectivity index (χ1) is 7.92. The average Bonchev–Trinajstić information content (AvgIpc) is 2.29. The zero-order chi connectivity index (χ0) is 13.1. The van der Waals surface area contributed by atoms with Gasteiger partial charge in [0.2, 0.25) is 0 Å². The van der Waals surface area contributed by atoms with E-state index in [-0.39, 0.29) is 12.2 Å². The van der Waals surface area contributed by atoms with Gasteiger partial charge in [-0.25, -0.2) is 5.43 Å². The SMILES string of the molecule is COc1ccc(CC(C)(NN)C(=O)O)cc1O. The molecular weight excluding hydrogens is 224 g/mol. The van der Waals surface area contributed by atoms with E-state index in [1.54, 1.807) is 12.1 Å². The zero-order valence-electron chi connectivity index (χ0n) is 9.73. The molecule has 0 radical (unpaired) electrons. The van der Waals surface area contributed by atoms with E-state index in [2.05, 4.69) is 5.43 Å². The summed E-state index contributed by atoms with van der Waals surface area (Å²) in [6, 6.07) is 4.71. The van der Waals surface area contributed by atoms with Crippen LogP contribution < -0.4 is 16.0 Å². The summed E-state index contributed by atoms with van der Waals surface area (Å²) in [6.45, 7) is 1.47. The van der Waals surface area contributed by atoms with Gasteiger partial charge in [0, 0.05) is 6.42 Å². The number of aliphatic carboxylic acids is 1. The highest BCUT2D eigenvalue weighted by Gasteiger charge is 2.32. The fourth-order valence-electron chi connectivity index (χ4n) is 1.44. The summed E-state index contributed by atoms with van der Waals surface area (Å²) in [5.74, 6) is 4.48. The van der Waals surface area contributed by atoms with Gasteiger partial charge >= 0.3 is 5.97 Å². The third kappa shape index (κ3) is 2.86. The van der Waals surface area contributed by atoms with Gasteiger partial charge in [-0.1, -0.05) is 6.07 Å². The molecule has 0 fully saturated rings. The Hall–Kier alpha value is -1.79. The number of methoxy groups -OCH3 is 1. The van der Waals surface area contributed by atoms with Crippen molar-refractivity contribution in [3.05, 3.63) is 23.8 Å². The number of ether oxygens (including phenoxy) is 1. The number of carboxylic acids is 1. The molecule has 0 aliphatic rings. The van der Waals surface area contributed by atoms with Crippen LogP contribution in [0.1, 0.15) is 12.5 Å². The van der Waals surface area contributed by atoms with Crippen molar-refractivity contribution in [3.63, 3.8) is 0 Å². The summed E-state index contributed by atoms with van der Waals surface area (Å²) in [5.41, 5.74) is 1.63. The number of nitrogens with one attached hydrogen (secondary N) is 1. The van der Waals surface area contributed by atoms with Crippen molar-refractivity contribution in [1.82, 2.24) is 5.43 Å². The van der Waals surface area contributed by atoms with Crippen LogP contribution >= 0.6 is 0 Å². The molecule has 1 rings (SSSR count). The molecule has 6 nitrogen and oxygen atoms in total. The predicted octanol–water partition coefficient (Wildman–Crippen LogP) is 0.250. The van der Waals surface area contributed by atoms with Crippen LogP contribution in [0.15, 0.2) is 18.2 Å². The van der Waals surface area contributed by atoms with E-state index in [1.807, 2.05) is 0 Å². The molecule has 17 heavy (non-hydrogen) atoms. The van der Waals surface area contributed by atoms with Crippen molar-refractivity contribution < 1.29 is 19.7 Å². The number of aromatic hydroxyl groups is 1. The minimum Gasteiger partial charge on any atom is -0.504 e. The van der Waals surface area contributed by atoms with Gasteiger partial charge in [0.1, 0.15) is 5.54 Å². The zero-order valence-corrected chi connectivity index (χ0v) is 9.73. The summed E-state index contributed by atoms with van der Waals surface area (Å²) in [5, 5.41) is 18.6. The Labute approximate surface area is 99.0 Å². The molecule has 1 aromatic carbocycles. The fourth-order valence-corrected chi connectivity index (χ4v) is 1.44. The average molecular weight is 240 g/mol. The Balaban J connectivity index is 2.95. The lowest BCUT2D eigenvalue weighted by molar-refractivity contribution is -0.144. The number of hydrazine groups is 1. The van der Waals surface area contributed by atoms with E-state index in [0.29, 0.717) is 11.3 Å². The van der Waals surface area contributed by atoms with Gasteiger partial charge in [0.25, 0.3) is 0 Å². The molecule has 0 saturated carbocycles. The highest BCUT2D eigenvalue weighted by atomic mass is 16.5. The molecule has 0 heterocycles. The van der Waals surface area contributed by atoms with Gasteiger partial charge in [-0.2, -0.15) is 0 Å². The number of phenols is 1. The van der Waals surface area contributed by atoms with Crippen LogP contribution in [0.3, 0.4) is 0 Å². The van der Waals surface area contributed by atoms with Gasteiger partial charge in [-0.3, -0.25) is 10.6 Å². The lowest BCUT2D eigenvalue weighted by atomic mass is 9.93. The van der Waals surface area contributed by atoms with Crippen LogP contribution in [0.5, 0.6) is 11.5 Å². The second kappa shape index (κ2) is 5.03. The Morgan fingerprint density at radius 2 is 2.24 bits per heavy atom. The molecule has 0 saturated heterocycles. The van der Waals surface area contributed by atoms with Crippen LogP contribution in [0.4, 0.5) is 0 Å². The first kappa shape index (κ1) is 13.3. The molecule has 1 unspecified atom stereocenters. The number of nitrogens with two attached hydrogens (primary N) is 1. The molecule has 5 N–H and O–H groups in total. The van der Waals surface area contributed by atoms with Gasteiger partial charge < -0.3 is 14.9 Å². The summed E-state index contributed by atoms with van der Waals surface area (Å²) in [4.78, 5) is 11.0. The van der Waals surface area contributed by atoms with Crippen molar-refractivity contribution in [2.24, 2.45) is 5.84 Å². The van der Waals surface area contributed by atoms with E-state index in [0.717, 1.165) is 0 Å². The largest absolute Gasteiger partial charge is 0.504 e. The highest BCUT2D eigenvalue weighted by Crippen LogP contribution is 2.27. The highest BCUT2D eigenvalue weighted by molar-refractivity contribution is 5.78. The van der Waals surface area contributed by atoms with Crippen LogP contribution in [0.25, 0.3) is 0 Å². The maximum atomic E-state index is 11.0. The molecular formula is C11H16N2O4. The predicted molar refractivity (Wildman–Crippen MR) is 61.7 cm³/mol. The van der Waals surface area contributed by atoms with Crippen molar-refractivity contribution >= 4 is 5.97 Å². The number of carbonyl (C=O) groups is 1. The third-order valence-electron chi connectivity index (χ3n) is 2.59. The summed E-state index contributed by atoms with van der Waals surface area (Å²) < 4.78 is 4.90. The number of hydrogen-bond donors (Lipinski definition) is 4. The monoisotopic (exact) mass is 240 g/mol. The van der Waals surface area contributed by atoms with Crippen LogP contribution in [-0.4, -0.2) is 28.8 Å². The molecule has 0 aliphatic heterocycles. The quantitative estimate of drug-likeness (QED) is 0.434. The van der Waals surface area contributed by atoms with Crippen LogP contribution in [-0.2, 0) is 11.2 Å².